The number of carbonyl (C=O) groups is 1. The second kappa shape index (κ2) is 7.53. The van der Waals surface area contributed by atoms with Gasteiger partial charge in [-0.05, 0) is 42.8 Å². The van der Waals surface area contributed by atoms with Crippen molar-refractivity contribution < 1.29 is 9.18 Å². The maximum Gasteiger partial charge on any atom is 0.274 e. The van der Waals surface area contributed by atoms with E-state index in [9.17, 15) is 9.18 Å². The van der Waals surface area contributed by atoms with Crippen molar-refractivity contribution in [1.82, 2.24) is 9.97 Å². The van der Waals surface area contributed by atoms with Crippen molar-refractivity contribution in [3.63, 3.8) is 0 Å². The summed E-state index contributed by atoms with van der Waals surface area (Å²) in [6.45, 7) is 2.59. The molecule has 2 aromatic carbocycles. The van der Waals surface area contributed by atoms with Crippen LogP contribution in [0.2, 0.25) is 0 Å². The summed E-state index contributed by atoms with van der Waals surface area (Å²) in [5, 5.41) is 5.76. The monoisotopic (exact) mass is 336 g/mol. The Hall–Kier alpha value is -3.28. The Bertz CT molecular complexity index is 863. The maximum absolute atomic E-state index is 12.9. The first-order chi connectivity index (χ1) is 12.1. The number of anilines is 2. The number of carbonyl (C=O) groups excluding carboxylic acids is 1. The zero-order valence-electron chi connectivity index (χ0n) is 13.7. The third kappa shape index (κ3) is 4.60. The molecule has 1 heterocycles. The highest BCUT2D eigenvalue weighted by atomic mass is 19.1. The van der Waals surface area contributed by atoms with Gasteiger partial charge in [0.25, 0.3) is 5.91 Å². The number of benzene rings is 2. The second-order valence-electron chi connectivity index (χ2n) is 5.57. The van der Waals surface area contributed by atoms with Gasteiger partial charge in [-0.25, -0.2) is 14.4 Å². The van der Waals surface area contributed by atoms with E-state index in [2.05, 4.69) is 20.6 Å². The smallest absolute Gasteiger partial charge is 0.274 e. The summed E-state index contributed by atoms with van der Waals surface area (Å²) in [6, 6.07) is 15.2. The molecule has 0 radical (unpaired) electrons. The average Bonchev–Trinajstić information content (AvgIpc) is 2.63. The number of rotatable bonds is 5. The second-order valence-corrected chi connectivity index (χ2v) is 5.57. The van der Waals surface area contributed by atoms with Crippen molar-refractivity contribution in [3.8, 4) is 0 Å². The topological polar surface area (TPSA) is 66.9 Å². The summed E-state index contributed by atoms with van der Waals surface area (Å²) in [6.07, 6.45) is 1.52. The predicted octanol–water partition coefficient (Wildman–Crippen LogP) is 3.79. The van der Waals surface area contributed by atoms with Crippen LogP contribution in [0.4, 0.5) is 16.0 Å². The van der Waals surface area contributed by atoms with Crippen molar-refractivity contribution in [2.75, 3.05) is 10.6 Å². The van der Waals surface area contributed by atoms with Crippen LogP contribution >= 0.6 is 0 Å². The standard InChI is InChI=1S/C19H17FN4O/c1-13-2-4-14(5-3-13)12-22-19-21-11-10-17(24-19)18(25)23-16-8-6-15(20)7-9-16/h2-11H,12H2,1H3,(H,23,25)(H,21,22,24). The lowest BCUT2D eigenvalue weighted by Crippen LogP contribution is -2.15. The Morgan fingerprint density at radius 3 is 2.48 bits per heavy atom. The number of hydrogen-bond donors (Lipinski definition) is 2. The number of amides is 1. The molecule has 2 N–H and O–H groups in total. The lowest BCUT2D eigenvalue weighted by molar-refractivity contribution is 0.102. The van der Waals surface area contributed by atoms with Crippen LogP contribution in [-0.2, 0) is 6.54 Å². The van der Waals surface area contributed by atoms with Gasteiger partial charge in [0.1, 0.15) is 11.5 Å². The Labute approximate surface area is 145 Å². The van der Waals surface area contributed by atoms with Crippen LogP contribution < -0.4 is 10.6 Å². The summed E-state index contributed by atoms with van der Waals surface area (Å²) in [5.41, 5.74) is 3.01. The molecule has 3 rings (SSSR count). The Morgan fingerprint density at radius 1 is 1.04 bits per heavy atom. The van der Waals surface area contributed by atoms with E-state index in [1.54, 1.807) is 0 Å². The average molecular weight is 336 g/mol. The number of aryl methyl sites for hydroxylation is 1. The molecule has 6 heteroatoms. The van der Waals surface area contributed by atoms with Crippen LogP contribution in [0.25, 0.3) is 0 Å². The van der Waals surface area contributed by atoms with E-state index in [0.717, 1.165) is 5.56 Å². The third-order valence-electron chi connectivity index (χ3n) is 3.56. The van der Waals surface area contributed by atoms with Crippen LogP contribution in [0.5, 0.6) is 0 Å². The minimum absolute atomic E-state index is 0.228. The first kappa shape index (κ1) is 16.6. The number of hydrogen-bond acceptors (Lipinski definition) is 4. The Balaban J connectivity index is 1.64. The Morgan fingerprint density at radius 2 is 1.76 bits per heavy atom. The van der Waals surface area contributed by atoms with Gasteiger partial charge >= 0.3 is 0 Å². The van der Waals surface area contributed by atoms with Gasteiger partial charge in [0, 0.05) is 18.4 Å². The van der Waals surface area contributed by atoms with Gasteiger partial charge in [0.15, 0.2) is 0 Å². The first-order valence-electron chi connectivity index (χ1n) is 7.79. The van der Waals surface area contributed by atoms with Gasteiger partial charge in [0.05, 0.1) is 0 Å². The highest BCUT2D eigenvalue weighted by Crippen LogP contribution is 2.11. The molecule has 0 fully saturated rings. The minimum atomic E-state index is -0.382. The van der Waals surface area contributed by atoms with Gasteiger partial charge in [-0.15, -0.1) is 0 Å². The van der Waals surface area contributed by atoms with Gasteiger partial charge < -0.3 is 10.6 Å². The number of nitrogens with one attached hydrogen (secondary N) is 2. The summed E-state index contributed by atoms with van der Waals surface area (Å²) in [4.78, 5) is 20.6. The molecule has 0 saturated carbocycles. The number of halogens is 1. The summed E-state index contributed by atoms with van der Waals surface area (Å²) < 4.78 is 12.9. The molecule has 0 saturated heterocycles. The molecule has 25 heavy (non-hydrogen) atoms. The fourth-order valence-electron chi connectivity index (χ4n) is 2.19. The molecule has 0 unspecified atom stereocenters. The number of aromatic nitrogens is 2. The van der Waals surface area contributed by atoms with E-state index in [0.29, 0.717) is 18.2 Å². The van der Waals surface area contributed by atoms with E-state index >= 15 is 0 Å². The largest absolute Gasteiger partial charge is 0.350 e. The van der Waals surface area contributed by atoms with E-state index in [4.69, 9.17) is 0 Å². The normalized spacial score (nSPS) is 10.3. The zero-order chi connectivity index (χ0) is 17.6. The van der Waals surface area contributed by atoms with Gasteiger partial charge in [-0.1, -0.05) is 29.8 Å². The fourth-order valence-corrected chi connectivity index (χ4v) is 2.19. The Kier molecular flexibility index (Phi) is 4.99. The minimum Gasteiger partial charge on any atom is -0.350 e. The molecule has 0 spiro atoms. The van der Waals surface area contributed by atoms with Gasteiger partial charge in [0.2, 0.25) is 5.95 Å². The third-order valence-corrected chi connectivity index (χ3v) is 3.56. The summed E-state index contributed by atoms with van der Waals surface area (Å²) in [5.74, 6) is -0.373. The molecule has 0 aliphatic rings. The van der Waals surface area contributed by atoms with Crippen molar-refractivity contribution in [3.05, 3.63) is 83.4 Å². The van der Waals surface area contributed by atoms with Crippen LogP contribution in [-0.4, -0.2) is 15.9 Å². The molecule has 0 atom stereocenters. The van der Waals surface area contributed by atoms with Gasteiger partial charge in [-0.2, -0.15) is 0 Å². The quantitative estimate of drug-likeness (QED) is 0.744. The molecule has 5 nitrogen and oxygen atoms in total. The molecule has 3 aromatic rings. The van der Waals surface area contributed by atoms with Crippen LogP contribution in [0.1, 0.15) is 21.6 Å². The van der Waals surface area contributed by atoms with Crippen molar-refractivity contribution in [2.45, 2.75) is 13.5 Å². The van der Waals surface area contributed by atoms with Crippen molar-refractivity contribution in [2.24, 2.45) is 0 Å². The first-order valence-corrected chi connectivity index (χ1v) is 7.79. The summed E-state index contributed by atoms with van der Waals surface area (Å²) in [7, 11) is 0. The van der Waals surface area contributed by atoms with Crippen LogP contribution in [0.3, 0.4) is 0 Å². The molecule has 1 aromatic heterocycles. The van der Waals surface area contributed by atoms with Gasteiger partial charge in [-0.3, -0.25) is 4.79 Å². The SMILES string of the molecule is Cc1ccc(CNc2nccc(C(=O)Nc3ccc(F)cc3)n2)cc1. The maximum atomic E-state index is 12.9. The van der Waals surface area contributed by atoms with Crippen LogP contribution in [0.15, 0.2) is 60.8 Å². The zero-order valence-corrected chi connectivity index (χ0v) is 13.7. The molecule has 0 aliphatic carbocycles. The predicted molar refractivity (Wildman–Crippen MR) is 94.9 cm³/mol. The van der Waals surface area contributed by atoms with Crippen molar-refractivity contribution >= 4 is 17.5 Å². The van der Waals surface area contributed by atoms with Crippen LogP contribution in [0, 0.1) is 12.7 Å². The van der Waals surface area contributed by atoms with E-state index in [1.807, 2.05) is 31.2 Å². The highest BCUT2D eigenvalue weighted by molar-refractivity contribution is 6.02. The lowest BCUT2D eigenvalue weighted by atomic mass is 10.1. The molecule has 126 valence electrons. The van der Waals surface area contributed by atoms with E-state index in [-0.39, 0.29) is 17.4 Å². The molecular weight excluding hydrogens is 319 g/mol. The molecular formula is C19H17FN4O. The van der Waals surface area contributed by atoms with Crippen molar-refractivity contribution in [1.29, 1.82) is 0 Å². The highest BCUT2D eigenvalue weighted by Gasteiger charge is 2.09. The molecule has 0 aliphatic heterocycles. The molecule has 0 bridgehead atoms. The lowest BCUT2D eigenvalue weighted by Gasteiger charge is -2.08. The summed E-state index contributed by atoms with van der Waals surface area (Å²) >= 11 is 0. The fraction of sp³-hybridized carbons (Fsp3) is 0.105. The van der Waals surface area contributed by atoms with E-state index in [1.165, 1.54) is 42.1 Å². The number of nitrogens with zero attached hydrogens (tertiary/aromatic N) is 2. The van der Waals surface area contributed by atoms with E-state index < -0.39 is 0 Å². The molecule has 1 amide bonds.